The minimum Gasteiger partial charge on any atom is -0.250 e. The first-order valence-electron chi connectivity index (χ1n) is 4.64. The Kier molecular flexibility index (Phi) is 0.819. The highest BCUT2D eigenvalue weighted by atomic mass is 15.3. The summed E-state index contributed by atoms with van der Waals surface area (Å²) in [6.07, 6.45) is -0.530. The van der Waals surface area contributed by atoms with Gasteiger partial charge in [0.25, 0.3) is 0 Å². The highest BCUT2D eigenvalue weighted by Crippen LogP contribution is 1.92. The minimum atomic E-state index is -1.73. The quantitative estimate of drug-likeness (QED) is 0.593. The van der Waals surface area contributed by atoms with Gasteiger partial charge < -0.3 is 0 Å². The summed E-state index contributed by atoms with van der Waals surface area (Å²) in [5.41, 5.74) is 0. The average molecular weight is 129 g/mol. The van der Waals surface area contributed by atoms with Crippen LogP contribution in [0, 0.1) is 0 Å². The van der Waals surface area contributed by atoms with Crippen LogP contribution in [-0.2, 0) is 12.9 Å². The van der Waals surface area contributed by atoms with Crippen LogP contribution in [0.2, 0.25) is 0 Å². The molecular weight excluding hydrogens is 114 g/mol. The first-order valence-corrected chi connectivity index (χ1v) is 2.64. The maximum Gasteiger partial charge on any atom is 0.138 e. The van der Waals surface area contributed by atoms with Crippen molar-refractivity contribution in [3.63, 3.8) is 0 Å². The Balaban J connectivity index is 3.19. The van der Waals surface area contributed by atoms with Crippen LogP contribution in [0.1, 0.15) is 25.2 Å². The molecule has 0 saturated heterocycles. The summed E-state index contributed by atoms with van der Waals surface area (Å²) in [6, 6.07) is 0. The van der Waals surface area contributed by atoms with Crippen LogP contribution in [0.15, 0.2) is 6.33 Å². The van der Waals surface area contributed by atoms with Crippen LogP contribution in [-0.4, -0.2) is 14.8 Å². The number of rotatable bonds is 2. The molecule has 9 heavy (non-hydrogen) atoms. The Morgan fingerprint density at radius 3 is 3.00 bits per heavy atom. The molecule has 3 nitrogen and oxygen atoms in total. The maximum absolute atomic E-state index is 7.39. The van der Waals surface area contributed by atoms with Crippen LogP contribution in [0.4, 0.5) is 0 Å². The molecule has 0 aliphatic rings. The number of aryl methyl sites for hydroxylation is 2. The van der Waals surface area contributed by atoms with Gasteiger partial charge in [0.15, 0.2) is 0 Å². The summed E-state index contributed by atoms with van der Waals surface area (Å²) in [6.45, 7) is 0.894. The highest BCUT2D eigenvalue weighted by molar-refractivity contribution is 4.81. The predicted octanol–water partition coefficient (Wildman–Crippen LogP) is 0.860. The molecule has 0 unspecified atom stereocenters. The topological polar surface area (TPSA) is 30.7 Å². The van der Waals surface area contributed by atoms with E-state index in [0.717, 1.165) is 11.0 Å². The van der Waals surface area contributed by atoms with Crippen LogP contribution >= 0.6 is 0 Å². The molecule has 0 radical (unpaired) electrons. The SMILES string of the molecule is [2H]C([2H])(C)c1ncnn1C([2H])([2H])C. The average Bonchev–Trinajstić information content (AvgIpc) is 2.27. The molecule has 1 aromatic heterocycles. The Bertz CT molecular complexity index is 267. The molecule has 50 valence electrons. The zero-order valence-corrected chi connectivity index (χ0v) is 5.42. The summed E-state index contributed by atoms with van der Waals surface area (Å²) in [5.74, 6) is 0.000000000000000666. The van der Waals surface area contributed by atoms with E-state index >= 15 is 0 Å². The minimum absolute atomic E-state index is 0.000000000000000666. The molecule has 0 aromatic carbocycles. The van der Waals surface area contributed by atoms with Crippen LogP contribution in [0.25, 0.3) is 0 Å². The standard InChI is InChI=1S/C6H11N3/c1-3-6-7-5-8-9(6)4-2/h5H,3-4H2,1-2H3/i3D2,4D2. The Morgan fingerprint density at radius 1 is 1.78 bits per heavy atom. The van der Waals surface area contributed by atoms with Gasteiger partial charge in [-0.05, 0) is 6.92 Å². The number of hydrogen-bond acceptors (Lipinski definition) is 2. The van der Waals surface area contributed by atoms with E-state index in [0.29, 0.717) is 0 Å². The van der Waals surface area contributed by atoms with Crippen LogP contribution in [0.3, 0.4) is 0 Å². The van der Waals surface area contributed by atoms with Crippen molar-refractivity contribution in [1.29, 1.82) is 0 Å². The van der Waals surface area contributed by atoms with Crippen molar-refractivity contribution in [3.8, 4) is 0 Å². The van der Waals surface area contributed by atoms with Crippen molar-refractivity contribution in [3.05, 3.63) is 12.2 Å². The van der Waals surface area contributed by atoms with Gasteiger partial charge in [-0.3, -0.25) is 4.68 Å². The van der Waals surface area contributed by atoms with E-state index in [2.05, 4.69) is 10.1 Å². The molecule has 0 aliphatic carbocycles. The van der Waals surface area contributed by atoms with Crippen molar-refractivity contribution in [1.82, 2.24) is 14.8 Å². The Morgan fingerprint density at radius 2 is 2.56 bits per heavy atom. The third-order valence-electron chi connectivity index (χ3n) is 0.983. The summed E-state index contributed by atoms with van der Waals surface area (Å²) in [4.78, 5) is 3.69. The molecule has 1 heterocycles. The normalized spacial score (nSPS) is 19.8. The second kappa shape index (κ2) is 2.62. The lowest BCUT2D eigenvalue weighted by atomic mass is 10.4. The lowest BCUT2D eigenvalue weighted by molar-refractivity contribution is 0.620. The fraction of sp³-hybridized carbons (Fsp3) is 0.667. The Labute approximate surface area is 60.3 Å². The van der Waals surface area contributed by atoms with Gasteiger partial charge in [-0.2, -0.15) is 5.10 Å². The summed E-state index contributed by atoms with van der Waals surface area (Å²) >= 11 is 0. The van der Waals surface area contributed by atoms with Gasteiger partial charge in [-0.1, -0.05) is 6.92 Å². The molecule has 0 amide bonds. The van der Waals surface area contributed by atoms with E-state index in [1.165, 1.54) is 13.8 Å². The maximum atomic E-state index is 7.39. The zero-order chi connectivity index (χ0) is 10.3. The summed E-state index contributed by atoms with van der Waals surface area (Å²) in [5, 5.41) is 3.64. The molecule has 3 heteroatoms. The zero-order valence-electron chi connectivity index (χ0n) is 9.42. The second-order valence-corrected chi connectivity index (χ2v) is 1.47. The third-order valence-corrected chi connectivity index (χ3v) is 0.983. The van der Waals surface area contributed by atoms with Gasteiger partial charge in [0.05, 0.1) is 2.74 Å². The van der Waals surface area contributed by atoms with E-state index in [-0.39, 0.29) is 5.82 Å². The monoisotopic (exact) mass is 129 g/mol. The summed E-state index contributed by atoms with van der Waals surface area (Å²) < 4.78 is 30.5. The first-order chi connectivity index (χ1) is 5.73. The molecule has 0 atom stereocenters. The van der Waals surface area contributed by atoms with Crippen molar-refractivity contribution in [2.45, 2.75) is 26.7 Å². The Hall–Kier alpha value is -0.860. The molecule has 0 spiro atoms. The molecule has 1 aromatic rings. The third kappa shape index (κ3) is 1.09. The van der Waals surface area contributed by atoms with Crippen molar-refractivity contribution >= 4 is 0 Å². The van der Waals surface area contributed by atoms with E-state index in [4.69, 9.17) is 5.48 Å². The molecule has 0 bridgehead atoms. The molecule has 1 rings (SSSR count). The molecule has 0 N–H and O–H groups in total. The molecule has 0 aliphatic heterocycles. The van der Waals surface area contributed by atoms with Crippen LogP contribution in [0.5, 0.6) is 0 Å². The lowest BCUT2D eigenvalue weighted by Crippen LogP contribution is -2.01. The van der Waals surface area contributed by atoms with E-state index in [9.17, 15) is 0 Å². The lowest BCUT2D eigenvalue weighted by Gasteiger charge is -1.96. The van der Waals surface area contributed by atoms with Crippen LogP contribution < -0.4 is 0 Å². The van der Waals surface area contributed by atoms with Crippen molar-refractivity contribution in [2.75, 3.05) is 0 Å². The fourth-order valence-corrected chi connectivity index (χ4v) is 0.576. The van der Waals surface area contributed by atoms with E-state index in [1.807, 2.05) is 0 Å². The van der Waals surface area contributed by atoms with Gasteiger partial charge in [0.2, 0.25) is 0 Å². The molecule has 0 fully saturated rings. The first kappa shape index (κ1) is 2.82. The number of aromatic nitrogens is 3. The molecule has 0 saturated carbocycles. The molecular formula is C6H11N3. The largest absolute Gasteiger partial charge is 0.250 e. The predicted molar refractivity (Wildman–Crippen MR) is 35.1 cm³/mol. The van der Waals surface area contributed by atoms with Gasteiger partial charge in [0, 0.05) is 15.6 Å². The second-order valence-electron chi connectivity index (χ2n) is 1.47. The van der Waals surface area contributed by atoms with E-state index < -0.39 is 12.9 Å². The van der Waals surface area contributed by atoms with Crippen molar-refractivity contribution in [2.24, 2.45) is 0 Å². The smallest absolute Gasteiger partial charge is 0.138 e. The number of hydrogen-bond donors (Lipinski definition) is 0. The van der Waals surface area contributed by atoms with Gasteiger partial charge >= 0.3 is 0 Å². The van der Waals surface area contributed by atoms with Gasteiger partial charge in [-0.15, -0.1) is 0 Å². The fourth-order valence-electron chi connectivity index (χ4n) is 0.576. The van der Waals surface area contributed by atoms with Gasteiger partial charge in [-0.25, -0.2) is 4.98 Å². The summed E-state index contributed by atoms with van der Waals surface area (Å²) in [7, 11) is 0. The highest BCUT2D eigenvalue weighted by Gasteiger charge is 1.95. The van der Waals surface area contributed by atoms with Gasteiger partial charge in [0.1, 0.15) is 12.2 Å². The number of nitrogens with zero attached hydrogens (tertiary/aromatic N) is 3. The van der Waals surface area contributed by atoms with E-state index in [1.54, 1.807) is 0 Å². The van der Waals surface area contributed by atoms with Crippen molar-refractivity contribution < 1.29 is 5.48 Å².